The molecule has 2 aromatic rings. The lowest BCUT2D eigenvalue weighted by Gasteiger charge is -2.21. The Labute approximate surface area is 120 Å². The number of piperidine rings is 1. The molecule has 0 saturated carbocycles. The Morgan fingerprint density at radius 1 is 1.25 bits per heavy atom. The lowest BCUT2D eigenvalue weighted by atomic mass is 9.88. The molecule has 0 bridgehead atoms. The fraction of sp³-hybridized carbons (Fsp3) is 0.471. The van der Waals surface area contributed by atoms with Gasteiger partial charge in [0, 0.05) is 35.1 Å². The highest BCUT2D eigenvalue weighted by molar-refractivity contribution is 6.10. The maximum Gasteiger partial charge on any atom is 0.168 e. The van der Waals surface area contributed by atoms with Crippen molar-refractivity contribution < 1.29 is 4.79 Å². The van der Waals surface area contributed by atoms with Crippen LogP contribution < -0.4 is 5.32 Å². The standard InChI is InChI=1S/C17H22N2O/c1-11-4-5-15-14(10-11)16(12(2)19(15)3)17(20)13-6-8-18-9-7-13/h4-5,10,13,18H,6-9H2,1-3H3. The molecule has 1 fully saturated rings. The Kier molecular flexibility index (Phi) is 3.38. The quantitative estimate of drug-likeness (QED) is 0.851. The third-order valence-corrected chi connectivity index (χ3v) is 4.60. The number of ketones is 1. The molecule has 1 aromatic carbocycles. The second kappa shape index (κ2) is 5.06. The summed E-state index contributed by atoms with van der Waals surface area (Å²) in [5.41, 5.74) is 4.40. The molecule has 3 heteroatoms. The molecular weight excluding hydrogens is 248 g/mol. The van der Waals surface area contributed by atoms with Crippen molar-refractivity contribution in [2.24, 2.45) is 13.0 Å². The van der Waals surface area contributed by atoms with E-state index in [4.69, 9.17) is 0 Å². The zero-order chi connectivity index (χ0) is 14.3. The summed E-state index contributed by atoms with van der Waals surface area (Å²) in [4.78, 5) is 12.9. The van der Waals surface area contributed by atoms with Crippen LogP contribution in [0.1, 0.15) is 34.5 Å². The van der Waals surface area contributed by atoms with Crippen LogP contribution in [0.4, 0.5) is 0 Å². The summed E-state index contributed by atoms with van der Waals surface area (Å²) in [5.74, 6) is 0.515. The number of benzene rings is 1. The summed E-state index contributed by atoms with van der Waals surface area (Å²) in [6, 6.07) is 6.38. The van der Waals surface area contributed by atoms with Crippen LogP contribution >= 0.6 is 0 Å². The summed E-state index contributed by atoms with van der Waals surface area (Å²) in [7, 11) is 2.05. The number of nitrogens with one attached hydrogen (secondary N) is 1. The highest BCUT2D eigenvalue weighted by atomic mass is 16.1. The number of rotatable bonds is 2. The van der Waals surface area contributed by atoms with Gasteiger partial charge < -0.3 is 9.88 Å². The van der Waals surface area contributed by atoms with Crippen molar-refractivity contribution in [3.05, 3.63) is 35.0 Å². The van der Waals surface area contributed by atoms with Crippen LogP contribution in [0, 0.1) is 19.8 Å². The van der Waals surface area contributed by atoms with Gasteiger partial charge in [-0.2, -0.15) is 0 Å². The van der Waals surface area contributed by atoms with Gasteiger partial charge in [0.15, 0.2) is 5.78 Å². The number of Topliss-reactive ketones (excluding diaryl/α,β-unsaturated/α-hetero) is 1. The summed E-state index contributed by atoms with van der Waals surface area (Å²) >= 11 is 0. The Bertz CT molecular complexity index is 663. The van der Waals surface area contributed by atoms with Crippen LogP contribution in [0.25, 0.3) is 10.9 Å². The van der Waals surface area contributed by atoms with E-state index >= 15 is 0 Å². The fourth-order valence-corrected chi connectivity index (χ4v) is 3.29. The summed E-state index contributed by atoms with van der Waals surface area (Å²) in [5, 5.41) is 4.45. The first kappa shape index (κ1) is 13.4. The molecule has 1 aromatic heterocycles. The summed E-state index contributed by atoms with van der Waals surface area (Å²) < 4.78 is 2.14. The molecule has 0 aliphatic carbocycles. The monoisotopic (exact) mass is 270 g/mol. The van der Waals surface area contributed by atoms with Crippen molar-refractivity contribution in [2.75, 3.05) is 13.1 Å². The number of fused-ring (bicyclic) bond motifs is 1. The van der Waals surface area contributed by atoms with Crippen LogP contribution in [0.3, 0.4) is 0 Å². The van der Waals surface area contributed by atoms with Crippen LogP contribution in [-0.4, -0.2) is 23.4 Å². The second-order valence-corrected chi connectivity index (χ2v) is 5.93. The molecule has 2 heterocycles. The van der Waals surface area contributed by atoms with Crippen molar-refractivity contribution in [3.8, 4) is 0 Å². The molecule has 0 amide bonds. The van der Waals surface area contributed by atoms with E-state index in [1.165, 1.54) is 5.56 Å². The van der Waals surface area contributed by atoms with E-state index in [0.29, 0.717) is 5.78 Å². The van der Waals surface area contributed by atoms with Crippen molar-refractivity contribution in [3.63, 3.8) is 0 Å². The average molecular weight is 270 g/mol. The van der Waals surface area contributed by atoms with E-state index in [-0.39, 0.29) is 5.92 Å². The van der Waals surface area contributed by atoms with Crippen LogP contribution in [0.5, 0.6) is 0 Å². The van der Waals surface area contributed by atoms with Gasteiger partial charge in [0.05, 0.1) is 0 Å². The van der Waals surface area contributed by atoms with Gasteiger partial charge in [-0.25, -0.2) is 0 Å². The Balaban J connectivity index is 2.12. The summed E-state index contributed by atoms with van der Waals surface area (Å²) in [6.45, 7) is 6.06. The van der Waals surface area contributed by atoms with E-state index in [9.17, 15) is 4.79 Å². The zero-order valence-corrected chi connectivity index (χ0v) is 12.5. The van der Waals surface area contributed by atoms with Gasteiger partial charge in [-0.1, -0.05) is 11.6 Å². The van der Waals surface area contributed by atoms with Crippen molar-refractivity contribution >= 4 is 16.7 Å². The molecule has 1 saturated heterocycles. The number of carbonyl (C=O) groups is 1. The predicted octanol–water partition coefficient (Wildman–Crippen LogP) is 2.98. The van der Waals surface area contributed by atoms with Crippen LogP contribution in [-0.2, 0) is 7.05 Å². The Hall–Kier alpha value is -1.61. The highest BCUT2D eigenvalue weighted by Gasteiger charge is 2.26. The number of hydrogen-bond donors (Lipinski definition) is 1. The number of carbonyl (C=O) groups excluding carboxylic acids is 1. The first-order valence-electron chi connectivity index (χ1n) is 7.40. The molecule has 1 aliphatic rings. The minimum absolute atomic E-state index is 0.182. The lowest BCUT2D eigenvalue weighted by molar-refractivity contribution is 0.0896. The van der Waals surface area contributed by atoms with Crippen molar-refractivity contribution in [2.45, 2.75) is 26.7 Å². The smallest absolute Gasteiger partial charge is 0.168 e. The maximum atomic E-state index is 12.9. The van der Waals surface area contributed by atoms with E-state index in [1.54, 1.807) is 0 Å². The normalized spacial score (nSPS) is 16.8. The van der Waals surface area contributed by atoms with E-state index in [1.807, 2.05) is 7.05 Å². The molecule has 0 atom stereocenters. The highest BCUT2D eigenvalue weighted by Crippen LogP contribution is 2.30. The first-order valence-corrected chi connectivity index (χ1v) is 7.40. The third-order valence-electron chi connectivity index (χ3n) is 4.60. The third kappa shape index (κ3) is 2.06. The molecule has 0 spiro atoms. The molecule has 1 N–H and O–H groups in total. The van der Waals surface area contributed by atoms with Gasteiger partial charge in [-0.3, -0.25) is 4.79 Å². The van der Waals surface area contributed by atoms with Gasteiger partial charge in [0.1, 0.15) is 0 Å². The lowest BCUT2D eigenvalue weighted by Crippen LogP contribution is -2.32. The predicted molar refractivity (Wildman–Crippen MR) is 82.3 cm³/mol. The average Bonchev–Trinajstić information content (AvgIpc) is 2.71. The molecule has 20 heavy (non-hydrogen) atoms. The Morgan fingerprint density at radius 3 is 2.65 bits per heavy atom. The van der Waals surface area contributed by atoms with Gasteiger partial charge >= 0.3 is 0 Å². The number of aryl methyl sites for hydroxylation is 2. The van der Waals surface area contributed by atoms with E-state index < -0.39 is 0 Å². The van der Waals surface area contributed by atoms with Crippen molar-refractivity contribution in [1.82, 2.24) is 9.88 Å². The maximum absolute atomic E-state index is 12.9. The molecule has 1 aliphatic heterocycles. The first-order chi connectivity index (χ1) is 9.59. The zero-order valence-electron chi connectivity index (χ0n) is 12.5. The summed E-state index contributed by atoms with van der Waals surface area (Å²) in [6.07, 6.45) is 1.92. The van der Waals surface area contributed by atoms with E-state index in [0.717, 1.165) is 48.1 Å². The van der Waals surface area contributed by atoms with Crippen LogP contribution in [0.2, 0.25) is 0 Å². The molecule has 106 valence electrons. The fourth-order valence-electron chi connectivity index (χ4n) is 3.29. The van der Waals surface area contributed by atoms with Gasteiger partial charge in [0.2, 0.25) is 0 Å². The Morgan fingerprint density at radius 2 is 1.95 bits per heavy atom. The minimum atomic E-state index is 0.182. The van der Waals surface area contributed by atoms with Gasteiger partial charge in [-0.05, 0) is 51.9 Å². The number of hydrogen-bond acceptors (Lipinski definition) is 2. The number of aromatic nitrogens is 1. The van der Waals surface area contributed by atoms with Crippen molar-refractivity contribution in [1.29, 1.82) is 0 Å². The molecule has 0 unspecified atom stereocenters. The molecular formula is C17H22N2O. The topological polar surface area (TPSA) is 34.0 Å². The van der Waals surface area contributed by atoms with Gasteiger partial charge in [0.25, 0.3) is 0 Å². The largest absolute Gasteiger partial charge is 0.347 e. The minimum Gasteiger partial charge on any atom is -0.347 e. The molecule has 0 radical (unpaired) electrons. The van der Waals surface area contributed by atoms with E-state index in [2.05, 4.69) is 41.9 Å². The van der Waals surface area contributed by atoms with Gasteiger partial charge in [-0.15, -0.1) is 0 Å². The SMILES string of the molecule is Cc1ccc2c(c1)c(C(=O)C1CCNCC1)c(C)n2C. The van der Waals surface area contributed by atoms with Crippen LogP contribution in [0.15, 0.2) is 18.2 Å². The second-order valence-electron chi connectivity index (χ2n) is 5.93. The molecule has 3 nitrogen and oxygen atoms in total. The molecule has 3 rings (SSSR count). The number of nitrogens with zero attached hydrogens (tertiary/aromatic N) is 1.